The Hall–Kier alpha value is -0.450. The molecule has 3 nitrogen and oxygen atoms in total. The van der Waals surface area contributed by atoms with E-state index in [9.17, 15) is 0 Å². The first-order valence-corrected chi connectivity index (χ1v) is 6.60. The Morgan fingerprint density at radius 1 is 1.67 bits per heavy atom. The third-order valence-electron chi connectivity index (χ3n) is 2.97. The predicted octanol–water partition coefficient (Wildman–Crippen LogP) is 1.72. The number of likely N-dealkylation sites (N-methyl/N-ethyl adjacent to an activating group) is 1. The Bertz CT molecular complexity index is 273. The summed E-state index contributed by atoms with van der Waals surface area (Å²) in [6, 6.07) is 0.729. The van der Waals surface area contributed by atoms with Crippen LogP contribution in [-0.2, 0) is 6.54 Å². The number of nitrogens with zero attached hydrogens (tertiary/aromatic N) is 2. The highest BCUT2D eigenvalue weighted by Gasteiger charge is 2.23. The zero-order valence-electron chi connectivity index (χ0n) is 9.28. The first-order chi connectivity index (χ1) is 7.40. The van der Waals surface area contributed by atoms with Crippen LogP contribution in [0.2, 0.25) is 0 Å². The van der Waals surface area contributed by atoms with Gasteiger partial charge < -0.3 is 5.32 Å². The minimum atomic E-state index is 0.729. The minimum Gasteiger partial charge on any atom is -0.315 e. The molecule has 0 amide bonds. The van der Waals surface area contributed by atoms with Crippen LogP contribution in [0, 0.1) is 0 Å². The molecule has 0 aliphatic carbocycles. The molecule has 2 heterocycles. The van der Waals surface area contributed by atoms with Crippen molar-refractivity contribution < 1.29 is 0 Å². The number of nitrogens with one attached hydrogen (secondary N) is 1. The molecule has 1 aromatic heterocycles. The summed E-state index contributed by atoms with van der Waals surface area (Å²) in [5.41, 5.74) is 1.92. The van der Waals surface area contributed by atoms with Gasteiger partial charge >= 0.3 is 0 Å². The van der Waals surface area contributed by atoms with Gasteiger partial charge in [0.25, 0.3) is 0 Å². The summed E-state index contributed by atoms with van der Waals surface area (Å²) in [7, 11) is 0. The molecule has 4 heteroatoms. The molecule has 15 heavy (non-hydrogen) atoms. The van der Waals surface area contributed by atoms with E-state index in [0.717, 1.165) is 25.7 Å². The summed E-state index contributed by atoms with van der Waals surface area (Å²) in [6.07, 6.45) is 4.67. The van der Waals surface area contributed by atoms with Gasteiger partial charge in [-0.2, -0.15) is 0 Å². The van der Waals surface area contributed by atoms with Crippen molar-refractivity contribution in [3.05, 3.63) is 16.6 Å². The average molecular weight is 225 g/mol. The number of hydrogen-bond donors (Lipinski definition) is 1. The SMILES string of the molecule is CCNCC1CCCN1Cc1cncs1. The maximum absolute atomic E-state index is 4.13. The van der Waals surface area contributed by atoms with Crippen LogP contribution >= 0.6 is 11.3 Å². The summed E-state index contributed by atoms with van der Waals surface area (Å²) in [5.74, 6) is 0. The van der Waals surface area contributed by atoms with Crippen LogP contribution in [0.4, 0.5) is 0 Å². The second kappa shape index (κ2) is 5.58. The Kier molecular flexibility index (Phi) is 4.11. The third kappa shape index (κ3) is 3.00. The molecule has 1 aliphatic rings. The molecule has 1 aliphatic heterocycles. The lowest BCUT2D eigenvalue weighted by atomic mass is 10.2. The molecule has 1 N–H and O–H groups in total. The van der Waals surface area contributed by atoms with Gasteiger partial charge in [0.2, 0.25) is 0 Å². The van der Waals surface area contributed by atoms with E-state index >= 15 is 0 Å². The second-order valence-corrected chi connectivity index (χ2v) is 5.01. The molecule has 1 atom stereocenters. The molecule has 0 saturated carbocycles. The quantitative estimate of drug-likeness (QED) is 0.827. The van der Waals surface area contributed by atoms with E-state index in [1.165, 1.54) is 24.3 Å². The number of thiazole rings is 1. The average Bonchev–Trinajstić information content (AvgIpc) is 2.87. The Labute approximate surface area is 95.5 Å². The van der Waals surface area contributed by atoms with Crippen molar-refractivity contribution in [2.45, 2.75) is 32.4 Å². The lowest BCUT2D eigenvalue weighted by molar-refractivity contribution is 0.242. The molecule has 0 bridgehead atoms. The van der Waals surface area contributed by atoms with E-state index in [0.29, 0.717) is 0 Å². The van der Waals surface area contributed by atoms with Crippen molar-refractivity contribution in [2.24, 2.45) is 0 Å². The monoisotopic (exact) mass is 225 g/mol. The van der Waals surface area contributed by atoms with Crippen LogP contribution in [0.1, 0.15) is 24.6 Å². The van der Waals surface area contributed by atoms with E-state index in [4.69, 9.17) is 0 Å². The molecular formula is C11H19N3S. The van der Waals surface area contributed by atoms with Gasteiger partial charge in [-0.15, -0.1) is 11.3 Å². The zero-order valence-corrected chi connectivity index (χ0v) is 10.1. The second-order valence-electron chi connectivity index (χ2n) is 4.04. The fourth-order valence-electron chi connectivity index (χ4n) is 2.17. The van der Waals surface area contributed by atoms with Gasteiger partial charge in [-0.05, 0) is 25.9 Å². The van der Waals surface area contributed by atoms with E-state index in [-0.39, 0.29) is 0 Å². The molecule has 0 spiro atoms. The summed E-state index contributed by atoms with van der Waals surface area (Å²) < 4.78 is 0. The molecule has 84 valence electrons. The van der Waals surface area contributed by atoms with Gasteiger partial charge in [-0.1, -0.05) is 6.92 Å². The van der Waals surface area contributed by atoms with Gasteiger partial charge in [-0.25, -0.2) is 0 Å². The largest absolute Gasteiger partial charge is 0.315 e. The van der Waals surface area contributed by atoms with E-state index < -0.39 is 0 Å². The smallest absolute Gasteiger partial charge is 0.0794 e. The Morgan fingerprint density at radius 2 is 2.60 bits per heavy atom. The normalized spacial score (nSPS) is 22.3. The van der Waals surface area contributed by atoms with Crippen LogP contribution in [0.15, 0.2) is 11.7 Å². The number of rotatable bonds is 5. The minimum absolute atomic E-state index is 0.729. The fourth-order valence-corrected chi connectivity index (χ4v) is 2.78. The van der Waals surface area contributed by atoms with Crippen LogP contribution in [-0.4, -0.2) is 35.6 Å². The zero-order chi connectivity index (χ0) is 10.5. The topological polar surface area (TPSA) is 28.2 Å². The lowest BCUT2D eigenvalue weighted by Crippen LogP contribution is -2.37. The summed E-state index contributed by atoms with van der Waals surface area (Å²) in [5, 5.41) is 3.45. The first-order valence-electron chi connectivity index (χ1n) is 5.72. The van der Waals surface area contributed by atoms with Gasteiger partial charge in [0.15, 0.2) is 0 Å². The molecule has 0 radical (unpaired) electrons. The van der Waals surface area contributed by atoms with Crippen LogP contribution in [0.25, 0.3) is 0 Å². The van der Waals surface area contributed by atoms with Crippen molar-refractivity contribution in [2.75, 3.05) is 19.6 Å². The Balaban J connectivity index is 1.85. The van der Waals surface area contributed by atoms with Crippen molar-refractivity contribution in [3.8, 4) is 0 Å². The van der Waals surface area contributed by atoms with Crippen molar-refractivity contribution >= 4 is 11.3 Å². The highest BCUT2D eigenvalue weighted by atomic mass is 32.1. The van der Waals surface area contributed by atoms with Crippen LogP contribution < -0.4 is 5.32 Å². The van der Waals surface area contributed by atoms with E-state index in [2.05, 4.69) is 22.1 Å². The summed E-state index contributed by atoms with van der Waals surface area (Å²) in [6.45, 7) is 6.71. The highest BCUT2D eigenvalue weighted by molar-refractivity contribution is 7.09. The molecule has 2 rings (SSSR count). The third-order valence-corrected chi connectivity index (χ3v) is 3.74. The van der Waals surface area contributed by atoms with Crippen molar-refractivity contribution in [1.29, 1.82) is 0 Å². The summed E-state index contributed by atoms with van der Waals surface area (Å²) >= 11 is 1.76. The fraction of sp³-hybridized carbons (Fsp3) is 0.727. The molecule has 1 fully saturated rings. The number of hydrogen-bond acceptors (Lipinski definition) is 4. The first kappa shape index (κ1) is 11.0. The van der Waals surface area contributed by atoms with Gasteiger partial charge in [0.1, 0.15) is 0 Å². The van der Waals surface area contributed by atoms with Crippen LogP contribution in [0.5, 0.6) is 0 Å². The van der Waals surface area contributed by atoms with Gasteiger partial charge in [0.05, 0.1) is 5.51 Å². The number of aromatic nitrogens is 1. The molecule has 1 saturated heterocycles. The standard InChI is InChI=1S/C11H19N3S/c1-2-12-6-10-4-3-5-14(10)8-11-7-13-9-15-11/h7,9-10,12H,2-6,8H2,1H3. The maximum atomic E-state index is 4.13. The van der Waals surface area contributed by atoms with E-state index in [1.807, 2.05) is 11.7 Å². The van der Waals surface area contributed by atoms with Crippen LogP contribution in [0.3, 0.4) is 0 Å². The Morgan fingerprint density at radius 3 is 3.33 bits per heavy atom. The lowest BCUT2D eigenvalue weighted by Gasteiger charge is -2.23. The molecule has 0 aromatic carbocycles. The molecular weight excluding hydrogens is 206 g/mol. The predicted molar refractivity (Wildman–Crippen MR) is 64.1 cm³/mol. The van der Waals surface area contributed by atoms with E-state index in [1.54, 1.807) is 11.3 Å². The van der Waals surface area contributed by atoms with Gasteiger partial charge in [0, 0.05) is 30.2 Å². The summed E-state index contributed by atoms with van der Waals surface area (Å²) in [4.78, 5) is 8.09. The molecule has 1 aromatic rings. The highest BCUT2D eigenvalue weighted by Crippen LogP contribution is 2.20. The van der Waals surface area contributed by atoms with Crippen molar-refractivity contribution in [3.63, 3.8) is 0 Å². The van der Waals surface area contributed by atoms with Gasteiger partial charge in [-0.3, -0.25) is 9.88 Å². The van der Waals surface area contributed by atoms with Crippen molar-refractivity contribution in [1.82, 2.24) is 15.2 Å². The molecule has 1 unspecified atom stereocenters. The maximum Gasteiger partial charge on any atom is 0.0794 e. The number of likely N-dealkylation sites (tertiary alicyclic amines) is 1.